The maximum atomic E-state index is 5.86. The second kappa shape index (κ2) is 5.00. The van der Waals surface area contributed by atoms with E-state index in [1.165, 1.54) is 12.8 Å². The Morgan fingerprint density at radius 1 is 0.957 bits per heavy atom. The number of hydrogen-bond acceptors (Lipinski definition) is 7. The minimum Gasteiger partial charge on any atom is -0.425 e. The zero-order valence-corrected chi connectivity index (χ0v) is 12.6. The molecule has 1 saturated carbocycles. The van der Waals surface area contributed by atoms with Crippen molar-refractivity contribution in [1.29, 1.82) is 0 Å². The third-order valence-corrected chi connectivity index (χ3v) is 4.73. The van der Waals surface area contributed by atoms with E-state index in [0.717, 1.165) is 49.0 Å². The molecule has 0 amide bonds. The number of aromatic nitrogens is 6. The molecule has 1 aliphatic carbocycles. The average molecular weight is 311 g/mol. The molecule has 8 nitrogen and oxygen atoms in total. The SMILES string of the molecule is c1nc(N2CCC(c3nnc(C4CC4)o3)CC2)c2[nH]cnc2n1. The fourth-order valence-electron chi connectivity index (χ4n) is 3.24. The maximum Gasteiger partial charge on any atom is 0.219 e. The van der Waals surface area contributed by atoms with Gasteiger partial charge in [-0.2, -0.15) is 0 Å². The molecule has 3 aromatic rings. The molecule has 5 rings (SSSR count). The van der Waals surface area contributed by atoms with Gasteiger partial charge in [0.25, 0.3) is 0 Å². The topological polar surface area (TPSA) is 96.6 Å². The number of nitrogens with one attached hydrogen (secondary N) is 1. The van der Waals surface area contributed by atoms with E-state index in [-0.39, 0.29) is 0 Å². The van der Waals surface area contributed by atoms with Crippen LogP contribution in [-0.2, 0) is 0 Å². The molecule has 1 N–H and O–H groups in total. The zero-order chi connectivity index (χ0) is 15.2. The van der Waals surface area contributed by atoms with Gasteiger partial charge in [0.15, 0.2) is 11.5 Å². The lowest BCUT2D eigenvalue weighted by Gasteiger charge is -2.31. The number of hydrogen-bond donors (Lipinski definition) is 1. The van der Waals surface area contributed by atoms with Crippen LogP contribution in [0, 0.1) is 0 Å². The van der Waals surface area contributed by atoms with Crippen molar-refractivity contribution in [3.8, 4) is 0 Å². The first-order valence-corrected chi connectivity index (χ1v) is 8.11. The number of rotatable bonds is 3. The predicted molar refractivity (Wildman–Crippen MR) is 82.1 cm³/mol. The zero-order valence-electron chi connectivity index (χ0n) is 12.6. The molecule has 0 unspecified atom stereocenters. The third kappa shape index (κ3) is 2.25. The van der Waals surface area contributed by atoms with Gasteiger partial charge in [0.05, 0.1) is 6.33 Å². The maximum absolute atomic E-state index is 5.86. The van der Waals surface area contributed by atoms with Gasteiger partial charge in [0.1, 0.15) is 11.8 Å². The highest BCUT2D eigenvalue weighted by Crippen LogP contribution is 2.40. The summed E-state index contributed by atoms with van der Waals surface area (Å²) in [6, 6.07) is 0. The lowest BCUT2D eigenvalue weighted by Crippen LogP contribution is -2.33. The van der Waals surface area contributed by atoms with E-state index < -0.39 is 0 Å². The van der Waals surface area contributed by atoms with Crippen LogP contribution in [0.25, 0.3) is 11.2 Å². The van der Waals surface area contributed by atoms with Crippen LogP contribution in [-0.4, -0.2) is 43.2 Å². The fourth-order valence-corrected chi connectivity index (χ4v) is 3.24. The summed E-state index contributed by atoms with van der Waals surface area (Å²) in [5, 5.41) is 8.46. The van der Waals surface area contributed by atoms with Gasteiger partial charge in [-0.05, 0) is 25.7 Å². The fraction of sp³-hybridized carbons (Fsp3) is 0.533. The second-order valence-corrected chi connectivity index (χ2v) is 6.31. The van der Waals surface area contributed by atoms with E-state index in [4.69, 9.17) is 4.42 Å². The summed E-state index contributed by atoms with van der Waals surface area (Å²) < 4.78 is 5.86. The van der Waals surface area contributed by atoms with E-state index in [9.17, 15) is 0 Å². The van der Waals surface area contributed by atoms with Gasteiger partial charge in [-0.1, -0.05) is 0 Å². The first-order valence-electron chi connectivity index (χ1n) is 8.11. The van der Waals surface area contributed by atoms with Gasteiger partial charge in [-0.25, -0.2) is 15.0 Å². The smallest absolute Gasteiger partial charge is 0.219 e. The van der Waals surface area contributed by atoms with Gasteiger partial charge in [0.2, 0.25) is 11.8 Å². The summed E-state index contributed by atoms with van der Waals surface area (Å²) in [6.45, 7) is 1.83. The van der Waals surface area contributed by atoms with Crippen LogP contribution in [0.2, 0.25) is 0 Å². The van der Waals surface area contributed by atoms with Crippen LogP contribution < -0.4 is 4.90 Å². The van der Waals surface area contributed by atoms with Crippen LogP contribution in [0.4, 0.5) is 5.82 Å². The number of H-pyrrole nitrogens is 1. The standard InChI is InChI=1S/C15H17N7O/c1-2-9(1)14-20-21-15(23-14)10-3-5-22(6-4-10)13-11-12(17-7-16-11)18-8-19-13/h7-10H,1-6H2,(H,16,17,18,19). The number of aromatic amines is 1. The Bertz CT molecular complexity index is 829. The Hall–Kier alpha value is -2.51. The van der Waals surface area contributed by atoms with Gasteiger partial charge < -0.3 is 14.3 Å². The molecule has 0 aromatic carbocycles. The van der Waals surface area contributed by atoms with Crippen LogP contribution in [0.1, 0.15) is 49.3 Å². The molecule has 0 atom stereocenters. The first-order chi connectivity index (χ1) is 11.4. The summed E-state index contributed by atoms with van der Waals surface area (Å²) in [5.41, 5.74) is 1.61. The molecule has 2 aliphatic rings. The van der Waals surface area contributed by atoms with E-state index >= 15 is 0 Å². The Balaban J connectivity index is 1.32. The molecule has 0 bridgehead atoms. The normalized spacial score (nSPS) is 19.6. The van der Waals surface area contributed by atoms with E-state index in [0.29, 0.717) is 17.5 Å². The van der Waals surface area contributed by atoms with Crippen molar-refractivity contribution >= 4 is 17.0 Å². The van der Waals surface area contributed by atoms with Gasteiger partial charge in [0, 0.05) is 24.9 Å². The summed E-state index contributed by atoms with van der Waals surface area (Å²) >= 11 is 0. The van der Waals surface area contributed by atoms with Gasteiger partial charge in [-0.3, -0.25) is 0 Å². The van der Waals surface area contributed by atoms with Crippen molar-refractivity contribution < 1.29 is 4.42 Å². The van der Waals surface area contributed by atoms with Crippen LogP contribution in [0.3, 0.4) is 0 Å². The lowest BCUT2D eigenvalue weighted by molar-refractivity contribution is 0.375. The van der Waals surface area contributed by atoms with Crippen molar-refractivity contribution in [3.63, 3.8) is 0 Å². The van der Waals surface area contributed by atoms with Gasteiger partial charge in [-0.15, -0.1) is 10.2 Å². The first kappa shape index (κ1) is 13.0. The Morgan fingerprint density at radius 3 is 2.43 bits per heavy atom. The number of fused-ring (bicyclic) bond motifs is 1. The summed E-state index contributed by atoms with van der Waals surface area (Å²) in [7, 11) is 0. The molecule has 0 radical (unpaired) electrons. The Labute approximate surface area is 132 Å². The van der Waals surface area contributed by atoms with Crippen molar-refractivity contribution in [2.75, 3.05) is 18.0 Å². The summed E-state index contributed by atoms with van der Waals surface area (Å²) in [4.78, 5) is 18.2. The molecule has 0 spiro atoms. The van der Waals surface area contributed by atoms with E-state index in [2.05, 4.69) is 35.0 Å². The monoisotopic (exact) mass is 311 g/mol. The van der Waals surface area contributed by atoms with E-state index in [1.54, 1.807) is 12.7 Å². The Morgan fingerprint density at radius 2 is 1.70 bits per heavy atom. The summed E-state index contributed by atoms with van der Waals surface area (Å²) in [5.74, 6) is 3.44. The number of anilines is 1. The van der Waals surface area contributed by atoms with Crippen LogP contribution in [0.15, 0.2) is 17.1 Å². The van der Waals surface area contributed by atoms with Crippen LogP contribution in [0.5, 0.6) is 0 Å². The van der Waals surface area contributed by atoms with Crippen molar-refractivity contribution in [2.45, 2.75) is 37.5 Å². The highest BCUT2D eigenvalue weighted by Gasteiger charge is 2.32. The number of imidazole rings is 1. The Kier molecular flexibility index (Phi) is 2.82. The summed E-state index contributed by atoms with van der Waals surface area (Å²) in [6.07, 6.45) is 7.60. The van der Waals surface area contributed by atoms with Crippen molar-refractivity contribution in [1.82, 2.24) is 30.1 Å². The molecular weight excluding hydrogens is 294 g/mol. The molecule has 1 saturated heterocycles. The second-order valence-electron chi connectivity index (χ2n) is 6.31. The number of piperidine rings is 1. The highest BCUT2D eigenvalue weighted by atomic mass is 16.4. The minimum atomic E-state index is 0.352. The van der Waals surface area contributed by atoms with E-state index in [1.807, 2.05) is 0 Å². The van der Waals surface area contributed by atoms with Crippen LogP contribution >= 0.6 is 0 Å². The highest BCUT2D eigenvalue weighted by molar-refractivity contribution is 5.82. The molecule has 23 heavy (non-hydrogen) atoms. The van der Waals surface area contributed by atoms with Crippen molar-refractivity contribution in [2.24, 2.45) is 0 Å². The molecule has 1 aliphatic heterocycles. The van der Waals surface area contributed by atoms with Crippen molar-refractivity contribution in [3.05, 3.63) is 24.4 Å². The predicted octanol–water partition coefficient (Wildman–Crippen LogP) is 2.00. The largest absolute Gasteiger partial charge is 0.425 e. The molecular formula is C15H17N7O. The van der Waals surface area contributed by atoms with Gasteiger partial charge >= 0.3 is 0 Å². The average Bonchev–Trinajstić information content (AvgIpc) is 3.13. The minimum absolute atomic E-state index is 0.352. The third-order valence-electron chi connectivity index (χ3n) is 4.73. The number of nitrogens with zero attached hydrogens (tertiary/aromatic N) is 6. The molecule has 8 heteroatoms. The molecule has 3 aromatic heterocycles. The molecule has 118 valence electrons. The molecule has 2 fully saturated rings. The quantitative estimate of drug-likeness (QED) is 0.790. The lowest BCUT2D eigenvalue weighted by atomic mass is 9.97. The molecule has 4 heterocycles.